The topological polar surface area (TPSA) is 78.5 Å². The molecular formula is C20H35N3O3S. The maximum absolute atomic E-state index is 12.3. The second kappa shape index (κ2) is 10.1. The normalized spacial score (nSPS) is 17.6. The van der Waals surface area contributed by atoms with Gasteiger partial charge in [-0.1, -0.05) is 44.7 Å². The smallest absolute Gasteiger partial charge is 0.317 e. The number of likely N-dealkylation sites (tertiary alicyclic amines) is 1. The molecule has 1 fully saturated rings. The molecular weight excluding hydrogens is 362 g/mol. The summed E-state index contributed by atoms with van der Waals surface area (Å²) in [6, 6.07) is -0.230. The number of sulfonamides is 1. The highest BCUT2D eigenvalue weighted by Crippen LogP contribution is 2.18. The van der Waals surface area contributed by atoms with Crippen LogP contribution in [0.5, 0.6) is 0 Å². The predicted octanol–water partition coefficient (Wildman–Crippen LogP) is 3.20. The molecule has 1 aliphatic rings. The van der Waals surface area contributed by atoms with Crippen LogP contribution in [0.2, 0.25) is 0 Å². The second-order valence-electron chi connectivity index (χ2n) is 8.14. The zero-order valence-electron chi connectivity index (χ0n) is 17.3. The molecule has 2 N–H and O–H groups in total. The SMILES string of the molecule is C=C/C=C(\C=C/CNC(=O)N1CCC(NS(=O)(=O)C(C)(C)C)CC1)C(C)C. The van der Waals surface area contributed by atoms with Gasteiger partial charge in [-0.15, -0.1) is 0 Å². The monoisotopic (exact) mass is 397 g/mol. The van der Waals surface area contributed by atoms with E-state index in [2.05, 4.69) is 30.5 Å². The van der Waals surface area contributed by atoms with E-state index in [1.807, 2.05) is 18.2 Å². The third kappa shape index (κ3) is 7.50. The van der Waals surface area contributed by atoms with Crippen LogP contribution in [0, 0.1) is 5.92 Å². The number of amides is 2. The molecule has 6 nitrogen and oxygen atoms in total. The Labute approximate surface area is 164 Å². The first-order valence-electron chi connectivity index (χ1n) is 9.51. The lowest BCUT2D eigenvalue weighted by Gasteiger charge is -2.33. The standard InChI is InChI=1S/C20H35N3O3S/c1-7-9-17(16(2)3)10-8-13-21-19(24)23-14-11-18(12-15-23)22-27(25,26)20(4,5)6/h7-10,16,18,22H,1,11-15H2,2-6H3,(H,21,24)/b10-8-,17-9+. The number of carbonyl (C=O) groups excluding carboxylic acids is 1. The quantitative estimate of drug-likeness (QED) is 0.648. The average molecular weight is 398 g/mol. The first-order valence-corrected chi connectivity index (χ1v) is 11.0. The molecule has 1 rings (SSSR count). The summed E-state index contributed by atoms with van der Waals surface area (Å²) in [4.78, 5) is 14.0. The van der Waals surface area contributed by atoms with E-state index in [-0.39, 0.29) is 12.1 Å². The highest BCUT2D eigenvalue weighted by molar-refractivity contribution is 7.90. The number of piperidine rings is 1. The first kappa shape index (κ1) is 23.4. The van der Waals surface area contributed by atoms with Gasteiger partial charge in [0.1, 0.15) is 0 Å². The number of rotatable bonds is 7. The fourth-order valence-corrected chi connectivity index (χ4v) is 3.65. The number of allylic oxidation sites excluding steroid dienone is 4. The summed E-state index contributed by atoms with van der Waals surface area (Å²) in [5.41, 5.74) is 1.16. The molecule has 0 bridgehead atoms. The maximum atomic E-state index is 12.3. The number of hydrogen-bond acceptors (Lipinski definition) is 3. The van der Waals surface area contributed by atoms with E-state index < -0.39 is 14.8 Å². The summed E-state index contributed by atoms with van der Waals surface area (Å²) in [6.45, 7) is 14.5. The molecule has 0 atom stereocenters. The fourth-order valence-electron chi connectivity index (χ4n) is 2.63. The molecule has 0 saturated carbocycles. The zero-order chi connectivity index (χ0) is 20.7. The van der Waals surface area contributed by atoms with E-state index in [1.165, 1.54) is 0 Å². The van der Waals surface area contributed by atoms with Gasteiger partial charge in [0.2, 0.25) is 10.0 Å². The van der Waals surface area contributed by atoms with E-state index >= 15 is 0 Å². The molecule has 0 aromatic carbocycles. The third-order valence-corrected chi connectivity index (χ3v) is 6.82. The Morgan fingerprint density at radius 2 is 1.85 bits per heavy atom. The molecule has 154 valence electrons. The van der Waals surface area contributed by atoms with Gasteiger partial charge in [0, 0.05) is 25.7 Å². The highest BCUT2D eigenvalue weighted by Gasteiger charge is 2.33. The summed E-state index contributed by atoms with van der Waals surface area (Å²) in [7, 11) is -3.36. The minimum absolute atomic E-state index is 0.115. The van der Waals surface area contributed by atoms with Crippen LogP contribution in [-0.2, 0) is 10.0 Å². The van der Waals surface area contributed by atoms with Crippen LogP contribution in [-0.4, -0.2) is 49.8 Å². The van der Waals surface area contributed by atoms with E-state index in [0.29, 0.717) is 38.4 Å². The summed E-state index contributed by atoms with van der Waals surface area (Å²) in [5.74, 6) is 0.394. The summed E-state index contributed by atoms with van der Waals surface area (Å²) in [6.07, 6.45) is 8.90. The van der Waals surface area contributed by atoms with Crippen LogP contribution < -0.4 is 10.0 Å². The Kier molecular flexibility index (Phi) is 8.75. The minimum Gasteiger partial charge on any atom is -0.335 e. The third-order valence-electron chi connectivity index (χ3n) is 4.57. The van der Waals surface area contributed by atoms with Crippen molar-refractivity contribution in [1.29, 1.82) is 0 Å². The van der Waals surface area contributed by atoms with Gasteiger partial charge in [-0.25, -0.2) is 17.9 Å². The van der Waals surface area contributed by atoms with E-state index in [0.717, 1.165) is 5.57 Å². The largest absolute Gasteiger partial charge is 0.335 e. The molecule has 0 aromatic rings. The Balaban J connectivity index is 2.44. The predicted molar refractivity (Wildman–Crippen MR) is 112 cm³/mol. The van der Waals surface area contributed by atoms with E-state index in [1.54, 1.807) is 31.7 Å². The van der Waals surface area contributed by atoms with Crippen LogP contribution in [0.3, 0.4) is 0 Å². The number of carbonyl (C=O) groups is 1. The molecule has 0 aliphatic carbocycles. The van der Waals surface area contributed by atoms with Crippen molar-refractivity contribution in [2.45, 2.75) is 58.2 Å². The first-order chi connectivity index (χ1) is 12.5. The van der Waals surface area contributed by atoms with Gasteiger partial charge in [-0.2, -0.15) is 0 Å². The average Bonchev–Trinajstić information content (AvgIpc) is 2.56. The van der Waals surface area contributed by atoms with E-state index in [9.17, 15) is 13.2 Å². The summed E-state index contributed by atoms with van der Waals surface area (Å²) < 4.78 is 26.4. The lowest BCUT2D eigenvalue weighted by Crippen LogP contribution is -2.51. The van der Waals surface area contributed by atoms with Crippen molar-refractivity contribution in [1.82, 2.24) is 14.9 Å². The minimum atomic E-state index is -3.36. The number of nitrogens with zero attached hydrogens (tertiary/aromatic N) is 1. The van der Waals surface area contributed by atoms with E-state index in [4.69, 9.17) is 0 Å². The Bertz CT molecular complexity index is 665. The molecule has 0 unspecified atom stereocenters. The fraction of sp³-hybridized carbons (Fsp3) is 0.650. The van der Waals surface area contributed by atoms with Crippen molar-refractivity contribution in [2.24, 2.45) is 5.92 Å². The maximum Gasteiger partial charge on any atom is 0.317 e. The van der Waals surface area contributed by atoms with Crippen molar-refractivity contribution < 1.29 is 13.2 Å². The molecule has 0 radical (unpaired) electrons. The number of hydrogen-bond donors (Lipinski definition) is 2. The van der Waals surface area contributed by atoms with Crippen molar-refractivity contribution in [3.8, 4) is 0 Å². The Morgan fingerprint density at radius 1 is 1.26 bits per heavy atom. The zero-order valence-corrected chi connectivity index (χ0v) is 18.1. The Hall–Kier alpha value is -1.60. The highest BCUT2D eigenvalue weighted by atomic mass is 32.2. The Morgan fingerprint density at radius 3 is 2.33 bits per heavy atom. The van der Waals surface area contributed by atoms with Crippen molar-refractivity contribution in [2.75, 3.05) is 19.6 Å². The lowest BCUT2D eigenvalue weighted by molar-refractivity contribution is 0.181. The van der Waals surface area contributed by atoms with Crippen LogP contribution >= 0.6 is 0 Å². The van der Waals surface area contributed by atoms with Crippen molar-refractivity contribution >= 4 is 16.1 Å². The van der Waals surface area contributed by atoms with Crippen molar-refractivity contribution in [3.05, 3.63) is 36.5 Å². The molecule has 1 saturated heterocycles. The van der Waals surface area contributed by atoms with Crippen LogP contribution in [0.15, 0.2) is 36.5 Å². The van der Waals surface area contributed by atoms with Crippen molar-refractivity contribution in [3.63, 3.8) is 0 Å². The van der Waals surface area contributed by atoms with Gasteiger partial charge in [-0.3, -0.25) is 0 Å². The molecule has 0 aromatic heterocycles. The van der Waals surface area contributed by atoms with Gasteiger partial charge in [0.15, 0.2) is 0 Å². The van der Waals surface area contributed by atoms with Gasteiger partial charge < -0.3 is 10.2 Å². The number of nitrogens with one attached hydrogen (secondary N) is 2. The number of urea groups is 1. The molecule has 1 aliphatic heterocycles. The second-order valence-corrected chi connectivity index (χ2v) is 10.6. The van der Waals surface area contributed by atoms with Crippen LogP contribution in [0.25, 0.3) is 0 Å². The van der Waals surface area contributed by atoms with Gasteiger partial charge in [0.25, 0.3) is 0 Å². The molecule has 2 amide bonds. The summed E-state index contributed by atoms with van der Waals surface area (Å²) >= 11 is 0. The molecule has 1 heterocycles. The summed E-state index contributed by atoms with van der Waals surface area (Å²) in [5, 5.41) is 2.88. The molecule has 7 heteroatoms. The van der Waals surface area contributed by atoms with Gasteiger partial charge in [-0.05, 0) is 45.1 Å². The lowest BCUT2D eigenvalue weighted by atomic mass is 10.0. The van der Waals surface area contributed by atoms with Crippen LogP contribution in [0.1, 0.15) is 47.5 Å². The van der Waals surface area contributed by atoms with Crippen LogP contribution in [0.4, 0.5) is 4.79 Å². The van der Waals surface area contributed by atoms with Gasteiger partial charge in [0.05, 0.1) is 4.75 Å². The molecule has 27 heavy (non-hydrogen) atoms. The molecule has 0 spiro atoms. The van der Waals surface area contributed by atoms with Gasteiger partial charge >= 0.3 is 6.03 Å².